The number of amides is 1. The van der Waals surface area contributed by atoms with Crippen LogP contribution in [0.3, 0.4) is 0 Å². The molecule has 1 aromatic carbocycles. The number of ether oxygens (including phenoxy) is 1. The summed E-state index contributed by atoms with van der Waals surface area (Å²) < 4.78 is 7.72. The van der Waals surface area contributed by atoms with E-state index in [1.807, 2.05) is 20.8 Å². The number of hydrogen-bond donors (Lipinski definition) is 1. The van der Waals surface area contributed by atoms with Crippen LogP contribution in [0.2, 0.25) is 0 Å². The van der Waals surface area contributed by atoms with Gasteiger partial charge in [0.05, 0.1) is 6.61 Å². The molecular weight excluding hydrogens is 322 g/mol. The largest absolute Gasteiger partial charge is 0.494 e. The second kappa shape index (κ2) is 8.32. The third-order valence-electron chi connectivity index (χ3n) is 3.82. The summed E-state index contributed by atoms with van der Waals surface area (Å²) in [7, 11) is 0. The molecule has 0 aliphatic carbocycles. The Bertz CT molecular complexity index is 837. The first kappa shape index (κ1) is 18.5. The van der Waals surface area contributed by atoms with E-state index in [4.69, 9.17) is 4.74 Å². The van der Waals surface area contributed by atoms with Gasteiger partial charge in [-0.05, 0) is 44.5 Å². The topological polar surface area (TPSA) is 82.3 Å². The Balaban J connectivity index is 2.24. The van der Waals surface area contributed by atoms with Crippen molar-refractivity contribution in [2.24, 2.45) is 0 Å². The fourth-order valence-corrected chi connectivity index (χ4v) is 2.28. The third-order valence-corrected chi connectivity index (χ3v) is 3.82. The zero-order valence-corrected chi connectivity index (χ0v) is 14.7. The van der Waals surface area contributed by atoms with E-state index in [0.717, 1.165) is 11.0 Å². The summed E-state index contributed by atoms with van der Waals surface area (Å²) in [6.07, 6.45) is 3.71. The summed E-state index contributed by atoms with van der Waals surface area (Å²) >= 11 is 0. The van der Waals surface area contributed by atoms with Crippen LogP contribution in [0.5, 0.6) is 5.75 Å². The number of carbonyl (C=O) groups excluding carboxylic acids is 1. The molecule has 0 aliphatic rings. The molecule has 0 saturated heterocycles. The van der Waals surface area contributed by atoms with Crippen molar-refractivity contribution in [1.29, 1.82) is 0 Å². The zero-order valence-electron chi connectivity index (χ0n) is 14.7. The molecule has 1 heterocycles. The van der Waals surface area contributed by atoms with E-state index >= 15 is 0 Å². The van der Waals surface area contributed by atoms with Gasteiger partial charge in [0.1, 0.15) is 12.3 Å². The summed E-state index contributed by atoms with van der Waals surface area (Å²) in [6.45, 7) is 6.09. The van der Waals surface area contributed by atoms with Gasteiger partial charge in [0.25, 0.3) is 0 Å². The molecular formula is C18H23N3O4. The molecule has 0 unspecified atom stereocenters. The first-order valence-corrected chi connectivity index (χ1v) is 8.31. The maximum atomic E-state index is 12.3. The molecule has 2 aromatic rings. The summed E-state index contributed by atoms with van der Waals surface area (Å²) in [5.41, 5.74) is -0.888. The minimum Gasteiger partial charge on any atom is -0.494 e. The lowest BCUT2D eigenvalue weighted by atomic mass is 10.2. The predicted octanol–water partition coefficient (Wildman–Crippen LogP) is 1.31. The molecule has 0 radical (unpaired) electrons. The zero-order chi connectivity index (χ0) is 18.4. The highest BCUT2D eigenvalue weighted by Crippen LogP contribution is 2.13. The average molecular weight is 345 g/mol. The molecule has 7 nitrogen and oxygen atoms in total. The van der Waals surface area contributed by atoms with Gasteiger partial charge >= 0.3 is 11.1 Å². The van der Waals surface area contributed by atoms with Crippen LogP contribution < -0.4 is 21.2 Å². The predicted molar refractivity (Wildman–Crippen MR) is 95.4 cm³/mol. The molecule has 1 amide bonds. The number of nitrogens with one attached hydrogen (secondary N) is 1. The van der Waals surface area contributed by atoms with Gasteiger partial charge in [-0.1, -0.05) is 6.92 Å². The average Bonchev–Trinajstić information content (AvgIpc) is 2.60. The van der Waals surface area contributed by atoms with Crippen molar-refractivity contribution in [3.05, 3.63) is 57.4 Å². The Morgan fingerprint density at radius 2 is 1.80 bits per heavy atom. The van der Waals surface area contributed by atoms with Gasteiger partial charge in [-0.2, -0.15) is 0 Å². The lowest BCUT2D eigenvalue weighted by molar-refractivity contribution is -0.122. The molecule has 0 saturated carbocycles. The van der Waals surface area contributed by atoms with Gasteiger partial charge in [0.15, 0.2) is 0 Å². The number of benzene rings is 1. The van der Waals surface area contributed by atoms with Crippen LogP contribution in [0.1, 0.15) is 27.2 Å². The summed E-state index contributed by atoms with van der Waals surface area (Å²) in [6, 6.07) is 6.89. The SMILES string of the molecule is CCOc1ccc(-n2ccn(CC(=O)N[C@@H](C)CC)c(=O)c2=O)cc1. The molecule has 25 heavy (non-hydrogen) atoms. The molecule has 1 atom stereocenters. The summed E-state index contributed by atoms with van der Waals surface area (Å²) in [4.78, 5) is 36.5. The molecule has 0 fully saturated rings. The Kier molecular flexibility index (Phi) is 6.16. The lowest BCUT2D eigenvalue weighted by Gasteiger charge is -2.13. The summed E-state index contributed by atoms with van der Waals surface area (Å²) in [5, 5.41) is 2.77. The molecule has 0 aliphatic heterocycles. The van der Waals surface area contributed by atoms with Gasteiger partial charge in [0, 0.05) is 24.1 Å². The van der Waals surface area contributed by atoms with Crippen molar-refractivity contribution in [1.82, 2.24) is 14.5 Å². The molecule has 7 heteroatoms. The van der Waals surface area contributed by atoms with Crippen molar-refractivity contribution >= 4 is 5.91 Å². The first-order chi connectivity index (χ1) is 12.0. The van der Waals surface area contributed by atoms with E-state index in [-0.39, 0.29) is 18.5 Å². The highest BCUT2D eigenvalue weighted by molar-refractivity contribution is 5.75. The molecule has 2 rings (SSSR count). The van der Waals surface area contributed by atoms with Crippen LogP contribution in [-0.4, -0.2) is 27.7 Å². The minimum atomic E-state index is -0.740. The fourth-order valence-electron chi connectivity index (χ4n) is 2.28. The standard InChI is InChI=1S/C18H23N3O4/c1-4-13(3)19-16(22)12-20-10-11-21(18(24)17(20)23)14-6-8-15(9-7-14)25-5-2/h6-11,13H,4-5,12H2,1-3H3,(H,19,22)/t13-/m0/s1. The monoisotopic (exact) mass is 345 g/mol. The third kappa shape index (κ3) is 4.59. The van der Waals surface area contributed by atoms with E-state index < -0.39 is 11.1 Å². The van der Waals surface area contributed by atoms with Gasteiger partial charge in [-0.3, -0.25) is 23.5 Å². The van der Waals surface area contributed by atoms with Crippen molar-refractivity contribution < 1.29 is 9.53 Å². The van der Waals surface area contributed by atoms with Crippen LogP contribution >= 0.6 is 0 Å². The van der Waals surface area contributed by atoms with Crippen LogP contribution in [0.4, 0.5) is 0 Å². The van der Waals surface area contributed by atoms with E-state index in [1.54, 1.807) is 24.3 Å². The highest BCUT2D eigenvalue weighted by Gasteiger charge is 2.11. The van der Waals surface area contributed by atoms with Crippen molar-refractivity contribution in [2.45, 2.75) is 39.8 Å². The van der Waals surface area contributed by atoms with Crippen LogP contribution in [0.15, 0.2) is 46.2 Å². The Labute approximate surface area is 145 Å². The number of aromatic nitrogens is 2. The number of hydrogen-bond acceptors (Lipinski definition) is 4. The number of nitrogens with zero attached hydrogens (tertiary/aromatic N) is 2. The first-order valence-electron chi connectivity index (χ1n) is 8.31. The Hall–Kier alpha value is -2.83. The maximum absolute atomic E-state index is 12.3. The minimum absolute atomic E-state index is 0.0208. The van der Waals surface area contributed by atoms with Crippen molar-refractivity contribution in [3.8, 4) is 11.4 Å². The van der Waals surface area contributed by atoms with Crippen molar-refractivity contribution in [2.75, 3.05) is 6.61 Å². The normalized spacial score (nSPS) is 11.8. The summed E-state index contributed by atoms with van der Waals surface area (Å²) in [5.74, 6) is 0.393. The Morgan fingerprint density at radius 3 is 2.40 bits per heavy atom. The number of rotatable bonds is 7. The number of carbonyl (C=O) groups is 1. The van der Waals surface area contributed by atoms with E-state index in [9.17, 15) is 14.4 Å². The lowest BCUT2D eigenvalue weighted by Crippen LogP contribution is -2.43. The Morgan fingerprint density at radius 1 is 1.12 bits per heavy atom. The van der Waals surface area contributed by atoms with Crippen LogP contribution in [0.25, 0.3) is 5.69 Å². The molecule has 1 aromatic heterocycles. The molecule has 0 bridgehead atoms. The van der Waals surface area contributed by atoms with E-state index in [2.05, 4.69) is 5.32 Å². The second-order valence-electron chi connectivity index (χ2n) is 5.71. The fraction of sp³-hybridized carbons (Fsp3) is 0.389. The second-order valence-corrected chi connectivity index (χ2v) is 5.71. The van der Waals surface area contributed by atoms with E-state index in [1.165, 1.54) is 17.0 Å². The maximum Gasteiger partial charge on any atom is 0.320 e. The molecule has 134 valence electrons. The quantitative estimate of drug-likeness (QED) is 0.767. The van der Waals surface area contributed by atoms with Gasteiger partial charge in [0.2, 0.25) is 5.91 Å². The highest BCUT2D eigenvalue weighted by atomic mass is 16.5. The van der Waals surface area contributed by atoms with Crippen molar-refractivity contribution in [3.63, 3.8) is 0 Å². The van der Waals surface area contributed by atoms with Gasteiger partial charge < -0.3 is 10.1 Å². The molecule has 0 spiro atoms. The van der Waals surface area contributed by atoms with Gasteiger partial charge in [-0.15, -0.1) is 0 Å². The van der Waals surface area contributed by atoms with Crippen LogP contribution in [-0.2, 0) is 11.3 Å². The molecule has 1 N–H and O–H groups in total. The smallest absolute Gasteiger partial charge is 0.320 e. The van der Waals surface area contributed by atoms with Crippen LogP contribution in [0, 0.1) is 0 Å². The van der Waals surface area contributed by atoms with Gasteiger partial charge in [-0.25, -0.2) is 0 Å². The van der Waals surface area contributed by atoms with E-state index in [0.29, 0.717) is 18.0 Å².